The van der Waals surface area contributed by atoms with E-state index in [0.717, 1.165) is 0 Å². The minimum atomic E-state index is -1.17. The van der Waals surface area contributed by atoms with Crippen LogP contribution >= 0.6 is 11.6 Å². The van der Waals surface area contributed by atoms with E-state index in [1.807, 2.05) is 0 Å². The Morgan fingerprint density at radius 1 is 1.26 bits per heavy atom. The second-order valence-corrected chi connectivity index (χ2v) is 5.41. The molecule has 0 bridgehead atoms. The van der Waals surface area contributed by atoms with E-state index in [1.165, 1.54) is 0 Å². The minimum absolute atomic E-state index is 0.419. The van der Waals surface area contributed by atoms with Crippen LogP contribution in [0.4, 0.5) is 4.79 Å². The maximum atomic E-state index is 11.6. The molecule has 2 N–H and O–H groups in total. The topological polar surface area (TPSA) is 75.6 Å². The standard InChI is InChI=1S/C13H16ClNO4/c1-13(2,3)19-12(18)15-10(11(16)17)8-4-6-9(14)7-5-8/h4-7,10H,1-3H3,(H,15,18)(H,16,17)/t10-/m1/s1. The van der Waals surface area contributed by atoms with Crippen molar-refractivity contribution in [3.05, 3.63) is 34.9 Å². The fourth-order valence-corrected chi connectivity index (χ4v) is 1.49. The van der Waals surface area contributed by atoms with Crippen molar-refractivity contribution in [2.24, 2.45) is 0 Å². The molecule has 1 aromatic rings. The number of hydrogen-bond acceptors (Lipinski definition) is 3. The Morgan fingerprint density at radius 2 is 1.79 bits per heavy atom. The van der Waals surface area contributed by atoms with Gasteiger partial charge >= 0.3 is 12.1 Å². The Balaban J connectivity index is 2.82. The molecule has 0 aliphatic heterocycles. The summed E-state index contributed by atoms with van der Waals surface area (Å²) in [5.41, 5.74) is -0.268. The molecule has 0 aliphatic carbocycles. The number of alkyl carbamates (subject to hydrolysis) is 1. The van der Waals surface area contributed by atoms with Gasteiger partial charge in [-0.3, -0.25) is 0 Å². The number of carbonyl (C=O) groups is 2. The molecule has 0 aliphatic rings. The Labute approximate surface area is 116 Å². The van der Waals surface area contributed by atoms with Crippen LogP contribution in [0.25, 0.3) is 0 Å². The van der Waals surface area contributed by atoms with Crippen molar-refractivity contribution >= 4 is 23.7 Å². The summed E-state index contributed by atoms with van der Waals surface area (Å²) in [4.78, 5) is 22.8. The first-order valence-electron chi connectivity index (χ1n) is 5.67. The SMILES string of the molecule is CC(C)(C)OC(=O)N[C@@H](C(=O)O)c1ccc(Cl)cc1. The lowest BCUT2D eigenvalue weighted by molar-refractivity contribution is -0.139. The quantitative estimate of drug-likeness (QED) is 0.895. The number of amides is 1. The average molecular weight is 286 g/mol. The first-order chi connectivity index (χ1) is 8.69. The number of rotatable bonds is 3. The maximum absolute atomic E-state index is 11.6. The van der Waals surface area contributed by atoms with Gasteiger partial charge in [-0.2, -0.15) is 0 Å². The van der Waals surface area contributed by atoms with E-state index in [2.05, 4.69) is 5.32 Å². The summed E-state index contributed by atoms with van der Waals surface area (Å²) in [6.07, 6.45) is -0.783. The zero-order chi connectivity index (χ0) is 14.6. The van der Waals surface area contributed by atoms with Gasteiger partial charge < -0.3 is 15.2 Å². The van der Waals surface area contributed by atoms with Crippen molar-refractivity contribution in [2.75, 3.05) is 0 Å². The largest absolute Gasteiger partial charge is 0.479 e. The Hall–Kier alpha value is -1.75. The molecule has 1 atom stereocenters. The van der Waals surface area contributed by atoms with Crippen molar-refractivity contribution in [3.8, 4) is 0 Å². The summed E-state index contributed by atoms with van der Waals surface area (Å²) < 4.78 is 5.02. The third-order valence-corrected chi connectivity index (χ3v) is 2.36. The second-order valence-electron chi connectivity index (χ2n) is 4.97. The highest BCUT2D eigenvalue weighted by Gasteiger charge is 2.25. The smallest absolute Gasteiger partial charge is 0.408 e. The molecule has 19 heavy (non-hydrogen) atoms. The summed E-state index contributed by atoms with van der Waals surface area (Å²) in [5.74, 6) is -1.17. The van der Waals surface area contributed by atoms with E-state index in [0.29, 0.717) is 10.6 Å². The molecule has 104 valence electrons. The molecule has 6 heteroatoms. The van der Waals surface area contributed by atoms with Crippen LogP contribution in [0, 0.1) is 0 Å². The first-order valence-corrected chi connectivity index (χ1v) is 6.04. The molecule has 0 aromatic heterocycles. The number of hydrogen-bond donors (Lipinski definition) is 2. The number of benzene rings is 1. The number of ether oxygens (including phenoxy) is 1. The van der Waals surface area contributed by atoms with Crippen molar-refractivity contribution in [1.29, 1.82) is 0 Å². The van der Waals surface area contributed by atoms with Gasteiger partial charge in [-0.05, 0) is 38.5 Å². The van der Waals surface area contributed by atoms with E-state index >= 15 is 0 Å². The highest BCUT2D eigenvalue weighted by molar-refractivity contribution is 6.30. The van der Waals surface area contributed by atoms with E-state index in [4.69, 9.17) is 21.4 Å². The predicted octanol–water partition coefficient (Wildman–Crippen LogP) is 2.99. The third-order valence-electron chi connectivity index (χ3n) is 2.11. The van der Waals surface area contributed by atoms with Crippen LogP contribution in [0.5, 0.6) is 0 Å². The van der Waals surface area contributed by atoms with Gasteiger partial charge in [0.2, 0.25) is 0 Å². The zero-order valence-corrected chi connectivity index (χ0v) is 11.7. The number of nitrogens with one attached hydrogen (secondary N) is 1. The average Bonchev–Trinajstić information content (AvgIpc) is 2.24. The van der Waals surface area contributed by atoms with Crippen LogP contribution in [-0.2, 0) is 9.53 Å². The van der Waals surface area contributed by atoms with Crippen LogP contribution in [0.3, 0.4) is 0 Å². The van der Waals surface area contributed by atoms with Crippen LogP contribution in [-0.4, -0.2) is 22.8 Å². The van der Waals surface area contributed by atoms with Gasteiger partial charge in [-0.1, -0.05) is 23.7 Å². The second kappa shape index (κ2) is 5.93. The molecule has 0 saturated heterocycles. The molecule has 0 unspecified atom stereocenters. The lowest BCUT2D eigenvalue weighted by atomic mass is 10.1. The van der Waals surface area contributed by atoms with Gasteiger partial charge in [-0.15, -0.1) is 0 Å². The van der Waals surface area contributed by atoms with Gasteiger partial charge in [0.15, 0.2) is 6.04 Å². The molecule has 0 fully saturated rings. The molecule has 0 saturated carbocycles. The highest BCUT2D eigenvalue weighted by Crippen LogP contribution is 2.17. The minimum Gasteiger partial charge on any atom is -0.479 e. The first kappa shape index (κ1) is 15.3. The van der Waals surface area contributed by atoms with Gasteiger partial charge in [0.05, 0.1) is 0 Å². The number of aliphatic carboxylic acids is 1. The third kappa shape index (κ3) is 5.18. The number of carboxylic acid groups (broad SMARTS) is 1. The lowest BCUT2D eigenvalue weighted by Gasteiger charge is -2.22. The van der Waals surface area contributed by atoms with Crippen molar-refractivity contribution in [1.82, 2.24) is 5.32 Å². The fourth-order valence-electron chi connectivity index (χ4n) is 1.37. The Bertz CT molecular complexity index is 465. The number of halogens is 1. The summed E-state index contributed by atoms with van der Waals surface area (Å²) >= 11 is 5.73. The predicted molar refractivity (Wildman–Crippen MR) is 71.2 cm³/mol. The monoisotopic (exact) mass is 285 g/mol. The summed E-state index contributed by atoms with van der Waals surface area (Å²) in [5, 5.41) is 11.9. The number of carboxylic acids is 1. The molecule has 1 aromatic carbocycles. The van der Waals surface area contributed by atoms with E-state index in [-0.39, 0.29) is 0 Å². The number of carbonyl (C=O) groups excluding carboxylic acids is 1. The maximum Gasteiger partial charge on any atom is 0.408 e. The fraction of sp³-hybridized carbons (Fsp3) is 0.385. The molecular formula is C13H16ClNO4. The molecule has 0 radical (unpaired) electrons. The normalized spacial score (nSPS) is 12.6. The Kier molecular flexibility index (Phi) is 4.78. The van der Waals surface area contributed by atoms with E-state index in [9.17, 15) is 9.59 Å². The molecular weight excluding hydrogens is 270 g/mol. The lowest BCUT2D eigenvalue weighted by Crippen LogP contribution is -2.38. The summed E-state index contributed by atoms with van der Waals surface area (Å²) in [6, 6.07) is 5.02. The van der Waals surface area contributed by atoms with Crippen LogP contribution in [0.2, 0.25) is 5.02 Å². The Morgan fingerprint density at radius 3 is 2.21 bits per heavy atom. The molecule has 0 spiro atoms. The molecule has 1 amide bonds. The van der Waals surface area contributed by atoms with Crippen molar-refractivity contribution in [2.45, 2.75) is 32.4 Å². The van der Waals surface area contributed by atoms with E-state index < -0.39 is 23.7 Å². The van der Waals surface area contributed by atoms with Crippen LogP contribution in [0.15, 0.2) is 24.3 Å². The zero-order valence-electron chi connectivity index (χ0n) is 10.9. The summed E-state index contributed by atoms with van der Waals surface area (Å²) in [7, 11) is 0. The molecule has 0 heterocycles. The van der Waals surface area contributed by atoms with Gasteiger partial charge in [0.25, 0.3) is 0 Å². The van der Waals surface area contributed by atoms with Crippen LogP contribution < -0.4 is 5.32 Å². The van der Waals surface area contributed by atoms with Gasteiger partial charge in [-0.25, -0.2) is 9.59 Å². The van der Waals surface area contributed by atoms with Gasteiger partial charge in [0.1, 0.15) is 5.60 Å². The summed E-state index contributed by atoms with van der Waals surface area (Å²) in [6.45, 7) is 5.10. The highest BCUT2D eigenvalue weighted by atomic mass is 35.5. The van der Waals surface area contributed by atoms with Gasteiger partial charge in [0, 0.05) is 5.02 Å². The van der Waals surface area contributed by atoms with E-state index in [1.54, 1.807) is 45.0 Å². The van der Waals surface area contributed by atoms with Crippen molar-refractivity contribution < 1.29 is 19.4 Å². The van der Waals surface area contributed by atoms with Crippen molar-refractivity contribution in [3.63, 3.8) is 0 Å². The van der Waals surface area contributed by atoms with Crippen LogP contribution in [0.1, 0.15) is 32.4 Å². The molecule has 1 rings (SSSR count). The molecule has 5 nitrogen and oxygen atoms in total.